The van der Waals surface area contributed by atoms with Crippen molar-refractivity contribution < 1.29 is 31.9 Å². The number of aromatic carboxylic acids is 1. The maximum atomic E-state index is 12.7. The largest absolute Gasteiger partial charge is 0.477 e. The number of hydrogen-bond acceptors (Lipinski definition) is 2. The van der Waals surface area contributed by atoms with E-state index in [2.05, 4.69) is 15.9 Å². The van der Waals surface area contributed by atoms with E-state index in [0.717, 1.165) is 6.07 Å². The summed E-state index contributed by atoms with van der Waals surface area (Å²) in [7, 11) is 0. The lowest BCUT2D eigenvalue weighted by Crippen LogP contribution is -2.38. The van der Waals surface area contributed by atoms with Crippen LogP contribution in [0.2, 0.25) is 0 Å². The third-order valence-electron chi connectivity index (χ3n) is 1.80. The molecule has 0 saturated carbocycles. The van der Waals surface area contributed by atoms with Crippen LogP contribution in [0.1, 0.15) is 15.2 Å². The van der Waals surface area contributed by atoms with Gasteiger partial charge in [-0.2, -0.15) is 22.0 Å². The Morgan fingerprint density at radius 1 is 1.35 bits per heavy atom. The fourth-order valence-electron chi connectivity index (χ4n) is 1.05. The van der Waals surface area contributed by atoms with Crippen molar-refractivity contribution in [2.75, 3.05) is 0 Å². The molecular weight excluding hydrogens is 335 g/mol. The topological polar surface area (TPSA) is 37.3 Å². The van der Waals surface area contributed by atoms with Crippen LogP contribution >= 0.6 is 27.3 Å². The first-order valence-electron chi connectivity index (χ1n) is 4.00. The molecule has 0 aliphatic rings. The van der Waals surface area contributed by atoms with Crippen LogP contribution in [0.5, 0.6) is 0 Å². The van der Waals surface area contributed by atoms with Crippen molar-refractivity contribution in [3.63, 3.8) is 0 Å². The van der Waals surface area contributed by atoms with Gasteiger partial charge >= 0.3 is 18.1 Å². The van der Waals surface area contributed by atoms with Crippen molar-refractivity contribution in [3.8, 4) is 0 Å². The van der Waals surface area contributed by atoms with Gasteiger partial charge in [0.25, 0.3) is 0 Å². The molecule has 17 heavy (non-hydrogen) atoms. The minimum Gasteiger partial charge on any atom is -0.477 e. The number of carbonyl (C=O) groups is 1. The molecule has 0 aliphatic heterocycles. The highest BCUT2D eigenvalue weighted by Crippen LogP contribution is 2.40. The molecular formula is C8H4BrF5O2S. The second kappa shape index (κ2) is 4.52. The zero-order chi connectivity index (χ0) is 13.4. The summed E-state index contributed by atoms with van der Waals surface area (Å²) in [5, 5.41) is 8.64. The van der Waals surface area contributed by atoms with Gasteiger partial charge in [0.1, 0.15) is 4.88 Å². The first-order chi connectivity index (χ1) is 7.54. The molecule has 1 rings (SSSR count). The normalized spacial score (nSPS) is 12.8. The monoisotopic (exact) mass is 338 g/mol. The molecule has 0 saturated heterocycles. The SMILES string of the molecule is O=C(O)c1sc(Br)cc1CC(F)(F)C(F)(F)F. The van der Waals surface area contributed by atoms with E-state index in [1.165, 1.54) is 0 Å². The Bertz CT molecular complexity index is 440. The molecule has 0 bridgehead atoms. The molecule has 9 heteroatoms. The lowest BCUT2D eigenvalue weighted by atomic mass is 10.1. The summed E-state index contributed by atoms with van der Waals surface area (Å²) in [6, 6.07) is 0.952. The van der Waals surface area contributed by atoms with Gasteiger partial charge in [0, 0.05) is 6.42 Å². The van der Waals surface area contributed by atoms with E-state index in [-0.39, 0.29) is 3.79 Å². The van der Waals surface area contributed by atoms with E-state index in [1.807, 2.05) is 0 Å². The Morgan fingerprint density at radius 3 is 2.29 bits per heavy atom. The smallest absolute Gasteiger partial charge is 0.453 e. The number of halogens is 6. The zero-order valence-corrected chi connectivity index (χ0v) is 10.2. The predicted octanol–water partition coefficient (Wildman–Crippen LogP) is 3.95. The number of hydrogen-bond donors (Lipinski definition) is 1. The van der Waals surface area contributed by atoms with Crippen molar-refractivity contribution in [3.05, 3.63) is 20.3 Å². The summed E-state index contributed by atoms with van der Waals surface area (Å²) >= 11 is 3.43. The van der Waals surface area contributed by atoms with Gasteiger partial charge in [-0.05, 0) is 27.6 Å². The highest BCUT2D eigenvalue weighted by molar-refractivity contribution is 9.11. The van der Waals surface area contributed by atoms with Crippen LogP contribution in [0.15, 0.2) is 9.85 Å². The molecule has 0 fully saturated rings. The summed E-state index contributed by atoms with van der Waals surface area (Å²) in [4.78, 5) is 10.1. The van der Waals surface area contributed by atoms with Gasteiger partial charge in [-0.3, -0.25) is 0 Å². The van der Waals surface area contributed by atoms with Crippen LogP contribution in [0.25, 0.3) is 0 Å². The molecule has 0 spiro atoms. The summed E-state index contributed by atoms with van der Waals surface area (Å²) in [6.07, 6.45) is -7.38. The molecule has 0 unspecified atom stereocenters. The minimum absolute atomic E-state index is 0.183. The van der Waals surface area contributed by atoms with E-state index in [1.54, 1.807) is 0 Å². The van der Waals surface area contributed by atoms with Gasteiger partial charge in [0.05, 0.1) is 3.79 Å². The Morgan fingerprint density at radius 2 is 1.88 bits per heavy atom. The molecule has 0 aromatic carbocycles. The van der Waals surface area contributed by atoms with Gasteiger partial charge in [-0.25, -0.2) is 4.79 Å². The highest BCUT2D eigenvalue weighted by atomic mass is 79.9. The molecule has 0 aliphatic carbocycles. The Balaban J connectivity index is 3.07. The second-order valence-electron chi connectivity index (χ2n) is 3.09. The second-order valence-corrected chi connectivity index (χ2v) is 5.52. The zero-order valence-electron chi connectivity index (χ0n) is 7.82. The Labute approximate surface area is 104 Å². The van der Waals surface area contributed by atoms with Crippen LogP contribution in [0.4, 0.5) is 22.0 Å². The lowest BCUT2D eigenvalue weighted by molar-refractivity contribution is -0.281. The van der Waals surface area contributed by atoms with Crippen LogP contribution < -0.4 is 0 Å². The maximum absolute atomic E-state index is 12.7. The molecule has 1 aromatic heterocycles. The summed E-state index contributed by atoms with van der Waals surface area (Å²) in [6.45, 7) is 0. The van der Waals surface area contributed by atoms with Crippen LogP contribution in [0.3, 0.4) is 0 Å². The van der Waals surface area contributed by atoms with Gasteiger partial charge in [0.15, 0.2) is 0 Å². The number of alkyl halides is 5. The van der Waals surface area contributed by atoms with Crippen molar-refractivity contribution in [1.29, 1.82) is 0 Å². The number of carboxylic acid groups (broad SMARTS) is 1. The van der Waals surface area contributed by atoms with E-state index in [9.17, 15) is 26.7 Å². The Hall–Kier alpha value is -0.700. The summed E-state index contributed by atoms with van der Waals surface area (Å²) < 4.78 is 61.5. The van der Waals surface area contributed by atoms with Gasteiger partial charge in [0.2, 0.25) is 0 Å². The van der Waals surface area contributed by atoms with Crippen molar-refractivity contribution in [1.82, 2.24) is 0 Å². The third kappa shape index (κ3) is 3.15. The quantitative estimate of drug-likeness (QED) is 0.847. The minimum atomic E-state index is -5.70. The summed E-state index contributed by atoms with van der Waals surface area (Å²) in [5.41, 5.74) is -0.545. The van der Waals surface area contributed by atoms with Crippen LogP contribution in [0, 0.1) is 0 Å². The standard InChI is InChI=1S/C8H4BrF5O2S/c9-4-1-3(5(17-4)6(15)16)2-7(10,11)8(12,13)14/h1H,2H2,(H,15,16). The number of rotatable bonds is 3. The average molecular weight is 339 g/mol. The fraction of sp³-hybridized carbons (Fsp3) is 0.375. The third-order valence-corrected chi connectivity index (χ3v) is 3.47. The first kappa shape index (κ1) is 14.4. The van der Waals surface area contributed by atoms with Gasteiger partial charge in [-0.1, -0.05) is 0 Å². The van der Waals surface area contributed by atoms with Crippen molar-refractivity contribution in [2.24, 2.45) is 0 Å². The average Bonchev–Trinajstić information content (AvgIpc) is 2.43. The molecule has 2 nitrogen and oxygen atoms in total. The number of carboxylic acids is 1. The molecule has 96 valence electrons. The Kier molecular flexibility index (Phi) is 3.82. The number of thiophene rings is 1. The molecule has 1 aromatic rings. The summed E-state index contributed by atoms with van der Waals surface area (Å²) in [5.74, 6) is -6.48. The molecule has 0 amide bonds. The molecule has 0 radical (unpaired) electrons. The van der Waals surface area contributed by atoms with E-state index < -0.39 is 34.9 Å². The van der Waals surface area contributed by atoms with Gasteiger partial charge in [-0.15, -0.1) is 11.3 Å². The van der Waals surface area contributed by atoms with Crippen LogP contribution in [-0.2, 0) is 6.42 Å². The predicted molar refractivity (Wildman–Crippen MR) is 53.7 cm³/mol. The highest BCUT2D eigenvalue weighted by Gasteiger charge is 2.57. The molecule has 1 N–H and O–H groups in total. The van der Waals surface area contributed by atoms with Crippen molar-refractivity contribution >= 4 is 33.2 Å². The van der Waals surface area contributed by atoms with E-state index >= 15 is 0 Å². The molecule has 1 heterocycles. The van der Waals surface area contributed by atoms with E-state index in [0.29, 0.717) is 11.3 Å². The fourth-order valence-corrected chi connectivity index (χ4v) is 2.55. The molecule has 0 atom stereocenters. The first-order valence-corrected chi connectivity index (χ1v) is 5.61. The van der Waals surface area contributed by atoms with E-state index in [4.69, 9.17) is 5.11 Å². The lowest BCUT2D eigenvalue weighted by Gasteiger charge is -2.19. The van der Waals surface area contributed by atoms with Crippen LogP contribution in [-0.4, -0.2) is 23.2 Å². The van der Waals surface area contributed by atoms with Crippen molar-refractivity contribution in [2.45, 2.75) is 18.5 Å². The van der Waals surface area contributed by atoms with Gasteiger partial charge < -0.3 is 5.11 Å². The maximum Gasteiger partial charge on any atom is 0.453 e.